The van der Waals surface area contributed by atoms with Crippen molar-refractivity contribution in [3.05, 3.63) is 26.3 Å². The second-order valence-corrected chi connectivity index (χ2v) is 5.07. The third-order valence-electron chi connectivity index (χ3n) is 1.67. The van der Waals surface area contributed by atoms with Crippen molar-refractivity contribution < 1.29 is 22.1 Å². The molecule has 0 aliphatic heterocycles. The minimum absolute atomic E-state index is 0.390. The first kappa shape index (κ1) is 13.9. The number of hydrogen-bond acceptors (Lipinski definition) is 5. The van der Waals surface area contributed by atoms with Crippen molar-refractivity contribution in [2.45, 2.75) is 11.3 Å². The van der Waals surface area contributed by atoms with Crippen LogP contribution in [0.5, 0.6) is 0 Å². The van der Waals surface area contributed by atoms with Crippen LogP contribution >= 0.6 is 15.9 Å². The maximum atomic E-state index is 12.6. The molecule has 0 aliphatic carbocycles. The van der Waals surface area contributed by atoms with Crippen LogP contribution in [0, 0.1) is 10.1 Å². The van der Waals surface area contributed by atoms with E-state index in [0.717, 1.165) is 0 Å². The fraction of sp³-hybridized carbons (Fsp3) is 0.167. The highest BCUT2D eigenvalue weighted by Gasteiger charge is 2.30. The standard InChI is InChI=1S/C6H4BrF2N3O4S/c7-5-4(6(8)9)2(17(10,15)16)1-3(11-5)12(13)14/h1,6H,(H2,10,15,16). The predicted octanol–water partition coefficient (Wildman–Crippen LogP) is 1.34. The van der Waals surface area contributed by atoms with Gasteiger partial charge in [-0.05, 0) is 9.91 Å². The summed E-state index contributed by atoms with van der Waals surface area (Å²) in [5.41, 5.74) is -1.00. The number of halogens is 3. The third-order valence-corrected chi connectivity index (χ3v) is 3.23. The van der Waals surface area contributed by atoms with Gasteiger partial charge < -0.3 is 10.1 Å². The molecule has 1 rings (SSSR count). The molecule has 0 radical (unpaired) electrons. The monoisotopic (exact) mass is 331 g/mol. The average molecular weight is 332 g/mol. The third kappa shape index (κ3) is 2.92. The Labute approximate surface area is 102 Å². The SMILES string of the molecule is NS(=O)(=O)c1cc([N+](=O)[O-])nc(Br)c1C(F)F. The van der Waals surface area contributed by atoms with Gasteiger partial charge in [-0.3, -0.25) is 0 Å². The minimum atomic E-state index is -4.51. The van der Waals surface area contributed by atoms with Crippen molar-refractivity contribution >= 4 is 31.8 Å². The lowest BCUT2D eigenvalue weighted by atomic mass is 10.3. The van der Waals surface area contributed by atoms with Crippen LogP contribution in [0.4, 0.5) is 14.6 Å². The highest BCUT2D eigenvalue weighted by atomic mass is 79.9. The van der Waals surface area contributed by atoms with Gasteiger partial charge in [0.2, 0.25) is 14.6 Å². The van der Waals surface area contributed by atoms with Gasteiger partial charge in [-0.1, -0.05) is 0 Å². The van der Waals surface area contributed by atoms with Gasteiger partial charge in [0.15, 0.2) is 0 Å². The van der Waals surface area contributed by atoms with Crippen LogP contribution in [0.3, 0.4) is 0 Å². The first-order chi connectivity index (χ1) is 7.64. The van der Waals surface area contributed by atoms with E-state index >= 15 is 0 Å². The van der Waals surface area contributed by atoms with E-state index in [9.17, 15) is 27.3 Å². The Morgan fingerprint density at radius 2 is 2.06 bits per heavy atom. The molecule has 94 valence electrons. The first-order valence-corrected chi connectivity index (χ1v) is 6.14. The van der Waals surface area contributed by atoms with Gasteiger partial charge in [-0.2, -0.15) is 0 Å². The molecular weight excluding hydrogens is 328 g/mol. The Balaban J connectivity index is 3.69. The topological polar surface area (TPSA) is 116 Å². The van der Waals surface area contributed by atoms with E-state index < -0.39 is 42.3 Å². The number of nitro groups is 1. The van der Waals surface area contributed by atoms with Crippen molar-refractivity contribution in [3.8, 4) is 0 Å². The Morgan fingerprint density at radius 1 is 1.53 bits per heavy atom. The van der Waals surface area contributed by atoms with E-state index in [-0.39, 0.29) is 0 Å². The van der Waals surface area contributed by atoms with Gasteiger partial charge in [0.05, 0.1) is 11.6 Å². The fourth-order valence-corrected chi connectivity index (χ4v) is 2.48. The summed E-state index contributed by atoms with van der Waals surface area (Å²) in [6.07, 6.45) is -3.19. The maximum Gasteiger partial charge on any atom is 0.366 e. The lowest BCUT2D eigenvalue weighted by Gasteiger charge is -2.06. The number of alkyl halides is 2. The number of aromatic nitrogens is 1. The number of hydrogen-bond donors (Lipinski definition) is 1. The number of rotatable bonds is 3. The molecule has 0 saturated heterocycles. The van der Waals surface area contributed by atoms with Gasteiger partial charge >= 0.3 is 5.82 Å². The smallest absolute Gasteiger partial charge is 0.358 e. The second kappa shape index (κ2) is 4.58. The van der Waals surface area contributed by atoms with E-state index in [1.54, 1.807) is 0 Å². The van der Waals surface area contributed by atoms with Crippen LogP contribution in [-0.2, 0) is 10.0 Å². The van der Waals surface area contributed by atoms with Crippen molar-refractivity contribution in [2.75, 3.05) is 0 Å². The Bertz CT molecular complexity index is 577. The van der Waals surface area contributed by atoms with Crippen molar-refractivity contribution in [1.82, 2.24) is 4.98 Å². The van der Waals surface area contributed by atoms with E-state index in [1.807, 2.05) is 0 Å². The first-order valence-electron chi connectivity index (χ1n) is 3.80. The zero-order chi connectivity index (χ0) is 13.4. The van der Waals surface area contributed by atoms with Crippen molar-refractivity contribution in [3.63, 3.8) is 0 Å². The zero-order valence-electron chi connectivity index (χ0n) is 7.80. The van der Waals surface area contributed by atoms with Crippen LogP contribution in [0.2, 0.25) is 0 Å². The molecule has 17 heavy (non-hydrogen) atoms. The molecule has 1 aromatic heterocycles. The largest absolute Gasteiger partial charge is 0.366 e. The molecule has 0 aromatic carbocycles. The zero-order valence-corrected chi connectivity index (χ0v) is 10.2. The van der Waals surface area contributed by atoms with E-state index in [1.165, 1.54) is 0 Å². The molecule has 0 saturated carbocycles. The number of sulfonamides is 1. The molecule has 0 spiro atoms. The molecule has 0 unspecified atom stereocenters. The molecule has 0 bridgehead atoms. The molecule has 11 heteroatoms. The summed E-state index contributed by atoms with van der Waals surface area (Å²) in [4.78, 5) is 11.6. The van der Waals surface area contributed by atoms with Crippen LogP contribution in [-0.4, -0.2) is 18.3 Å². The number of primary sulfonamides is 1. The summed E-state index contributed by atoms with van der Waals surface area (Å²) in [6.45, 7) is 0. The Hall–Kier alpha value is -1.20. The normalized spacial score (nSPS) is 11.8. The van der Waals surface area contributed by atoms with Gasteiger partial charge in [0, 0.05) is 15.9 Å². The highest BCUT2D eigenvalue weighted by Crippen LogP contribution is 2.33. The second-order valence-electron chi connectivity index (χ2n) is 2.79. The quantitative estimate of drug-likeness (QED) is 0.509. The summed E-state index contributed by atoms with van der Waals surface area (Å²) in [5, 5.41) is 15.1. The maximum absolute atomic E-state index is 12.6. The lowest BCUT2D eigenvalue weighted by Crippen LogP contribution is -2.16. The van der Waals surface area contributed by atoms with Crippen LogP contribution in [0.25, 0.3) is 0 Å². The summed E-state index contributed by atoms with van der Waals surface area (Å²) >= 11 is 2.54. The average Bonchev–Trinajstić information content (AvgIpc) is 2.14. The lowest BCUT2D eigenvalue weighted by molar-refractivity contribution is -0.389. The van der Waals surface area contributed by atoms with Crippen molar-refractivity contribution in [1.29, 1.82) is 0 Å². The summed E-state index contributed by atoms with van der Waals surface area (Å²) in [7, 11) is -4.51. The van der Waals surface area contributed by atoms with Gasteiger partial charge in [-0.25, -0.2) is 22.3 Å². The Kier molecular flexibility index (Phi) is 3.74. The number of nitrogens with two attached hydrogens (primary N) is 1. The molecule has 1 heterocycles. The molecule has 0 aliphatic rings. The fourth-order valence-electron chi connectivity index (χ4n) is 1.02. The number of nitrogens with zero attached hydrogens (tertiary/aromatic N) is 2. The van der Waals surface area contributed by atoms with Crippen LogP contribution < -0.4 is 5.14 Å². The molecule has 0 atom stereocenters. The summed E-state index contributed by atoms with van der Waals surface area (Å²) in [5.74, 6) is -0.898. The Morgan fingerprint density at radius 3 is 2.41 bits per heavy atom. The summed E-state index contributed by atoms with van der Waals surface area (Å²) in [6, 6.07) is 0.390. The molecule has 0 amide bonds. The number of pyridine rings is 1. The van der Waals surface area contributed by atoms with E-state index in [0.29, 0.717) is 6.07 Å². The van der Waals surface area contributed by atoms with Crippen LogP contribution in [0.1, 0.15) is 12.0 Å². The molecule has 0 fully saturated rings. The minimum Gasteiger partial charge on any atom is -0.358 e. The summed E-state index contributed by atoms with van der Waals surface area (Å²) < 4.78 is 46.7. The van der Waals surface area contributed by atoms with Crippen LogP contribution in [0.15, 0.2) is 15.6 Å². The predicted molar refractivity (Wildman–Crippen MR) is 54.9 cm³/mol. The van der Waals surface area contributed by atoms with E-state index in [2.05, 4.69) is 20.9 Å². The highest BCUT2D eigenvalue weighted by molar-refractivity contribution is 9.10. The van der Waals surface area contributed by atoms with Gasteiger partial charge in [0.25, 0.3) is 6.43 Å². The molecule has 7 nitrogen and oxygen atoms in total. The molecule has 1 aromatic rings. The van der Waals surface area contributed by atoms with Gasteiger partial charge in [-0.15, -0.1) is 0 Å². The molecular formula is C6H4BrF2N3O4S. The van der Waals surface area contributed by atoms with Gasteiger partial charge in [0.1, 0.15) is 4.90 Å². The van der Waals surface area contributed by atoms with E-state index in [4.69, 9.17) is 5.14 Å². The van der Waals surface area contributed by atoms with Crippen molar-refractivity contribution in [2.24, 2.45) is 5.14 Å². The molecule has 2 N–H and O–H groups in total.